The molecule has 4 nitrogen and oxygen atoms in total. The van der Waals surface area contributed by atoms with Crippen LogP contribution in [0.25, 0.3) is 0 Å². The van der Waals surface area contributed by atoms with Crippen molar-refractivity contribution in [2.75, 3.05) is 24.5 Å². The first-order chi connectivity index (χ1) is 9.81. The summed E-state index contributed by atoms with van der Waals surface area (Å²) in [5, 5.41) is 12.0. The van der Waals surface area contributed by atoms with E-state index < -0.39 is 0 Å². The van der Waals surface area contributed by atoms with Gasteiger partial charge in [0.2, 0.25) is 0 Å². The summed E-state index contributed by atoms with van der Waals surface area (Å²) in [6.07, 6.45) is 8.47. The van der Waals surface area contributed by atoms with Crippen LogP contribution in [0.15, 0.2) is 12.1 Å². The summed E-state index contributed by atoms with van der Waals surface area (Å²) >= 11 is 0. The lowest BCUT2D eigenvalue weighted by Crippen LogP contribution is -2.39. The molecule has 0 atom stereocenters. The zero-order chi connectivity index (χ0) is 13.8. The van der Waals surface area contributed by atoms with E-state index in [2.05, 4.69) is 39.5 Å². The van der Waals surface area contributed by atoms with Crippen molar-refractivity contribution in [2.24, 2.45) is 5.41 Å². The van der Waals surface area contributed by atoms with E-state index in [1.165, 1.54) is 38.5 Å². The second-order valence-electron chi connectivity index (χ2n) is 6.36. The molecule has 2 aliphatic rings. The molecule has 1 saturated carbocycles. The van der Waals surface area contributed by atoms with Crippen molar-refractivity contribution in [3.63, 3.8) is 0 Å². The van der Waals surface area contributed by atoms with Crippen LogP contribution in [0, 0.1) is 5.41 Å². The third-order valence-electron chi connectivity index (χ3n) is 5.07. The Balaban J connectivity index is 1.57. The minimum atomic E-state index is 0.676. The fourth-order valence-corrected chi connectivity index (χ4v) is 3.70. The van der Waals surface area contributed by atoms with Crippen LogP contribution in [0.1, 0.15) is 51.1 Å². The number of nitrogens with one attached hydrogen (secondary N) is 1. The molecule has 2 heterocycles. The largest absolute Gasteiger partial charge is 0.355 e. The molecule has 4 heteroatoms. The molecule has 110 valence electrons. The zero-order valence-corrected chi connectivity index (χ0v) is 12.6. The molecule has 0 bridgehead atoms. The van der Waals surface area contributed by atoms with Gasteiger partial charge in [-0.25, -0.2) is 0 Å². The van der Waals surface area contributed by atoms with Crippen LogP contribution < -0.4 is 10.2 Å². The van der Waals surface area contributed by atoms with Crippen molar-refractivity contribution in [1.82, 2.24) is 15.5 Å². The van der Waals surface area contributed by atoms with Crippen LogP contribution in [-0.2, 0) is 6.54 Å². The molecule has 1 N–H and O–H groups in total. The van der Waals surface area contributed by atoms with E-state index in [9.17, 15) is 0 Å². The Labute approximate surface area is 122 Å². The van der Waals surface area contributed by atoms with E-state index in [1.54, 1.807) is 0 Å². The smallest absolute Gasteiger partial charge is 0.151 e. The van der Waals surface area contributed by atoms with Gasteiger partial charge >= 0.3 is 0 Å². The average molecular weight is 274 g/mol. The highest BCUT2D eigenvalue weighted by Crippen LogP contribution is 2.46. The Hall–Kier alpha value is -1.16. The van der Waals surface area contributed by atoms with E-state index in [0.717, 1.165) is 37.7 Å². The predicted octanol–water partition coefficient (Wildman–Crippen LogP) is 2.75. The van der Waals surface area contributed by atoms with Gasteiger partial charge in [-0.3, -0.25) is 0 Å². The van der Waals surface area contributed by atoms with Gasteiger partial charge < -0.3 is 10.2 Å². The number of hydrogen-bond donors (Lipinski definition) is 1. The molecule has 1 saturated heterocycles. The number of aromatic nitrogens is 2. The molecule has 0 unspecified atom stereocenters. The van der Waals surface area contributed by atoms with Crippen molar-refractivity contribution in [3.05, 3.63) is 17.8 Å². The summed E-state index contributed by atoms with van der Waals surface area (Å²) in [6.45, 7) is 6.20. The minimum absolute atomic E-state index is 0.676. The lowest BCUT2D eigenvalue weighted by Gasteiger charge is -2.39. The highest BCUT2D eigenvalue weighted by Gasteiger charge is 2.37. The summed E-state index contributed by atoms with van der Waals surface area (Å²) in [5.41, 5.74) is 1.70. The van der Waals surface area contributed by atoms with Crippen molar-refractivity contribution < 1.29 is 0 Å². The van der Waals surface area contributed by atoms with Gasteiger partial charge in [0.15, 0.2) is 5.82 Å². The maximum atomic E-state index is 4.41. The van der Waals surface area contributed by atoms with Gasteiger partial charge in [0, 0.05) is 19.6 Å². The number of piperidine rings is 1. The van der Waals surface area contributed by atoms with E-state index in [-0.39, 0.29) is 0 Å². The van der Waals surface area contributed by atoms with Crippen molar-refractivity contribution in [2.45, 2.75) is 52.0 Å². The summed E-state index contributed by atoms with van der Waals surface area (Å²) in [5.74, 6) is 1.05. The van der Waals surface area contributed by atoms with Crippen LogP contribution >= 0.6 is 0 Å². The maximum absolute atomic E-state index is 4.41. The Bertz CT molecular complexity index is 413. The van der Waals surface area contributed by atoms with Crippen LogP contribution in [0.4, 0.5) is 5.82 Å². The Morgan fingerprint density at radius 1 is 1.10 bits per heavy atom. The topological polar surface area (TPSA) is 41.0 Å². The first kappa shape index (κ1) is 13.8. The normalized spacial score (nSPS) is 21.6. The van der Waals surface area contributed by atoms with Crippen molar-refractivity contribution in [3.8, 4) is 0 Å². The molecular formula is C16H26N4. The average Bonchev–Trinajstić information content (AvgIpc) is 2.95. The molecule has 1 aliphatic carbocycles. The number of nitrogens with zero attached hydrogens (tertiary/aromatic N) is 3. The van der Waals surface area contributed by atoms with E-state index in [1.807, 2.05) is 0 Å². The van der Waals surface area contributed by atoms with Gasteiger partial charge in [-0.15, -0.1) is 5.10 Å². The summed E-state index contributed by atoms with van der Waals surface area (Å²) in [4.78, 5) is 2.41. The number of anilines is 1. The van der Waals surface area contributed by atoms with Crippen molar-refractivity contribution >= 4 is 5.82 Å². The highest BCUT2D eigenvalue weighted by molar-refractivity contribution is 5.38. The minimum Gasteiger partial charge on any atom is -0.355 e. The zero-order valence-electron chi connectivity index (χ0n) is 12.6. The molecule has 1 spiro atoms. The van der Waals surface area contributed by atoms with Crippen LogP contribution in [0.3, 0.4) is 0 Å². The van der Waals surface area contributed by atoms with Gasteiger partial charge in [-0.1, -0.05) is 19.8 Å². The molecule has 2 fully saturated rings. The second-order valence-corrected chi connectivity index (χ2v) is 6.36. The molecule has 3 rings (SSSR count). The fraction of sp³-hybridized carbons (Fsp3) is 0.750. The van der Waals surface area contributed by atoms with Crippen LogP contribution in [-0.4, -0.2) is 29.8 Å². The Morgan fingerprint density at radius 2 is 1.85 bits per heavy atom. The Morgan fingerprint density at radius 3 is 2.45 bits per heavy atom. The van der Waals surface area contributed by atoms with Gasteiger partial charge in [0.05, 0.1) is 5.69 Å². The Kier molecular flexibility index (Phi) is 4.20. The standard InChI is InChI=1S/C16H26N4/c1-2-17-13-14-5-6-15(19-18-14)20-11-9-16(10-12-20)7-3-4-8-16/h5-6,17H,2-4,7-13H2,1H3. The van der Waals surface area contributed by atoms with Gasteiger partial charge in [0.25, 0.3) is 0 Å². The highest BCUT2D eigenvalue weighted by atomic mass is 15.3. The number of hydrogen-bond acceptors (Lipinski definition) is 4. The quantitative estimate of drug-likeness (QED) is 0.916. The number of rotatable bonds is 4. The van der Waals surface area contributed by atoms with Gasteiger partial charge in [0.1, 0.15) is 0 Å². The summed E-state index contributed by atoms with van der Waals surface area (Å²) < 4.78 is 0. The molecule has 1 aromatic rings. The van der Waals surface area contributed by atoms with Crippen LogP contribution in [0.2, 0.25) is 0 Å². The lowest BCUT2D eigenvalue weighted by molar-refractivity contribution is 0.226. The molecule has 20 heavy (non-hydrogen) atoms. The molecule has 1 aliphatic heterocycles. The van der Waals surface area contributed by atoms with E-state index in [4.69, 9.17) is 0 Å². The van der Waals surface area contributed by atoms with Crippen molar-refractivity contribution in [1.29, 1.82) is 0 Å². The fourth-order valence-electron chi connectivity index (χ4n) is 3.70. The predicted molar refractivity (Wildman–Crippen MR) is 81.8 cm³/mol. The van der Waals surface area contributed by atoms with E-state index in [0.29, 0.717) is 5.41 Å². The summed E-state index contributed by atoms with van der Waals surface area (Å²) in [6, 6.07) is 4.23. The monoisotopic (exact) mass is 274 g/mol. The third kappa shape index (κ3) is 2.95. The lowest BCUT2D eigenvalue weighted by atomic mass is 9.77. The maximum Gasteiger partial charge on any atom is 0.151 e. The molecule has 0 radical (unpaired) electrons. The summed E-state index contributed by atoms with van der Waals surface area (Å²) in [7, 11) is 0. The molecular weight excluding hydrogens is 248 g/mol. The molecule has 1 aromatic heterocycles. The molecule has 0 aromatic carbocycles. The third-order valence-corrected chi connectivity index (χ3v) is 5.07. The molecule has 0 amide bonds. The van der Waals surface area contributed by atoms with Gasteiger partial charge in [-0.2, -0.15) is 5.10 Å². The SMILES string of the molecule is CCNCc1ccc(N2CCC3(CCCC3)CC2)nn1. The first-order valence-corrected chi connectivity index (χ1v) is 8.10. The second kappa shape index (κ2) is 6.08. The van der Waals surface area contributed by atoms with Gasteiger partial charge in [-0.05, 0) is 49.8 Å². The first-order valence-electron chi connectivity index (χ1n) is 8.10. The van der Waals surface area contributed by atoms with Crippen LogP contribution in [0.5, 0.6) is 0 Å². The van der Waals surface area contributed by atoms with E-state index >= 15 is 0 Å².